The number of carbonyl (C=O) groups excluding carboxylic acids is 1. The average Bonchev–Trinajstić information content (AvgIpc) is 2.59. The van der Waals surface area contributed by atoms with Gasteiger partial charge in [0, 0.05) is 4.88 Å². The number of fused-ring (bicyclic) bond motifs is 1. The number of aliphatic carboxylic acids is 1. The molecular weight excluding hydrogens is 252 g/mol. The van der Waals surface area contributed by atoms with Crippen LogP contribution in [-0.2, 0) is 4.79 Å². The zero-order valence-electron chi connectivity index (χ0n) is 10.4. The molecule has 0 aliphatic carbocycles. The Bertz CT molecular complexity index is 672. The number of hydrogen-bond donors (Lipinski definition) is 0. The number of carbonyl (C=O) groups is 1. The lowest BCUT2D eigenvalue weighted by Gasteiger charge is -2.18. The van der Waals surface area contributed by atoms with Crippen LogP contribution in [0.25, 0.3) is 10.2 Å². The van der Waals surface area contributed by atoms with Crippen molar-refractivity contribution in [3.63, 3.8) is 0 Å². The highest BCUT2D eigenvalue weighted by Gasteiger charge is 2.17. The predicted octanol–water partition coefficient (Wildman–Crippen LogP) is 0.776. The lowest BCUT2D eigenvalue weighted by Crippen LogP contribution is -2.38. The fraction of sp³-hybridized carbons (Fsp3) is 0.417. The second-order valence-electron chi connectivity index (χ2n) is 4.16. The summed E-state index contributed by atoms with van der Waals surface area (Å²) in [6.07, 6.45) is 1.58. The van der Waals surface area contributed by atoms with Crippen molar-refractivity contribution >= 4 is 27.5 Å². The Morgan fingerprint density at radius 3 is 2.78 bits per heavy atom. The van der Waals surface area contributed by atoms with Crippen molar-refractivity contribution in [2.75, 3.05) is 0 Å². The van der Waals surface area contributed by atoms with Crippen LogP contribution in [0, 0.1) is 13.8 Å². The fourth-order valence-electron chi connectivity index (χ4n) is 1.95. The van der Waals surface area contributed by atoms with Crippen LogP contribution >= 0.6 is 11.3 Å². The Labute approximate surface area is 108 Å². The number of aryl methyl sites for hydroxylation is 2. The van der Waals surface area contributed by atoms with Gasteiger partial charge >= 0.3 is 0 Å². The molecule has 1 unspecified atom stereocenters. The maximum absolute atomic E-state index is 12.3. The molecule has 1 atom stereocenters. The molecule has 2 aromatic heterocycles. The van der Waals surface area contributed by atoms with E-state index in [1.807, 2.05) is 13.8 Å². The summed E-state index contributed by atoms with van der Waals surface area (Å²) in [6.45, 7) is 5.46. The maximum Gasteiger partial charge on any atom is 0.262 e. The molecule has 5 nitrogen and oxygen atoms in total. The Hall–Kier alpha value is -1.69. The number of rotatable bonds is 3. The molecule has 0 aliphatic heterocycles. The zero-order chi connectivity index (χ0) is 13.4. The third-order valence-corrected chi connectivity index (χ3v) is 4.22. The van der Waals surface area contributed by atoms with E-state index in [4.69, 9.17) is 0 Å². The van der Waals surface area contributed by atoms with Crippen LogP contribution in [0.4, 0.5) is 0 Å². The SMILES string of the molecule is CCC(C(=O)[O-])n1cnc2sc(C)c(C)c2c1=O. The van der Waals surface area contributed by atoms with Crippen LogP contribution in [0.5, 0.6) is 0 Å². The van der Waals surface area contributed by atoms with Crippen molar-refractivity contribution < 1.29 is 9.90 Å². The van der Waals surface area contributed by atoms with E-state index in [9.17, 15) is 14.7 Å². The summed E-state index contributed by atoms with van der Waals surface area (Å²) < 4.78 is 1.15. The molecule has 2 aromatic rings. The number of hydrogen-bond acceptors (Lipinski definition) is 5. The maximum atomic E-state index is 12.3. The number of carboxylic acids is 1. The van der Waals surface area contributed by atoms with Gasteiger partial charge in [-0.05, 0) is 25.8 Å². The van der Waals surface area contributed by atoms with E-state index in [1.54, 1.807) is 6.92 Å². The summed E-state index contributed by atoms with van der Waals surface area (Å²) in [5.41, 5.74) is 0.563. The minimum Gasteiger partial charge on any atom is -0.548 e. The van der Waals surface area contributed by atoms with Crippen LogP contribution in [0.1, 0.15) is 29.8 Å². The lowest BCUT2D eigenvalue weighted by atomic mass is 10.2. The van der Waals surface area contributed by atoms with Gasteiger partial charge in [0.1, 0.15) is 4.83 Å². The molecule has 0 aromatic carbocycles. The van der Waals surface area contributed by atoms with E-state index in [1.165, 1.54) is 17.7 Å². The smallest absolute Gasteiger partial charge is 0.262 e. The number of carboxylic acid groups (broad SMARTS) is 1. The molecule has 18 heavy (non-hydrogen) atoms. The summed E-state index contributed by atoms with van der Waals surface area (Å²) in [5.74, 6) is -1.26. The van der Waals surface area contributed by atoms with Gasteiger partial charge in [-0.2, -0.15) is 0 Å². The molecule has 0 spiro atoms. The number of thiophene rings is 1. The summed E-state index contributed by atoms with van der Waals surface area (Å²) in [7, 11) is 0. The lowest BCUT2D eigenvalue weighted by molar-refractivity contribution is -0.310. The van der Waals surface area contributed by atoms with Gasteiger partial charge in [0.05, 0.1) is 23.7 Å². The van der Waals surface area contributed by atoms with E-state index in [2.05, 4.69) is 4.98 Å². The average molecular weight is 265 g/mol. The first-order valence-corrected chi connectivity index (χ1v) is 6.46. The quantitative estimate of drug-likeness (QED) is 0.821. The highest BCUT2D eigenvalue weighted by molar-refractivity contribution is 7.18. The summed E-state index contributed by atoms with van der Waals surface area (Å²) in [4.78, 5) is 29.2. The van der Waals surface area contributed by atoms with Gasteiger partial charge in [-0.3, -0.25) is 9.36 Å². The molecule has 0 fully saturated rings. The van der Waals surface area contributed by atoms with E-state index < -0.39 is 12.0 Å². The van der Waals surface area contributed by atoms with Crippen LogP contribution in [0.2, 0.25) is 0 Å². The molecule has 0 radical (unpaired) electrons. The van der Waals surface area contributed by atoms with E-state index in [0.717, 1.165) is 15.0 Å². The van der Waals surface area contributed by atoms with Gasteiger partial charge in [0.25, 0.3) is 5.56 Å². The van der Waals surface area contributed by atoms with E-state index >= 15 is 0 Å². The monoisotopic (exact) mass is 265 g/mol. The summed E-state index contributed by atoms with van der Waals surface area (Å²) in [5, 5.41) is 11.5. The minimum atomic E-state index is -1.26. The van der Waals surface area contributed by atoms with Crippen LogP contribution in [0.3, 0.4) is 0 Å². The third-order valence-electron chi connectivity index (χ3n) is 3.11. The molecular formula is C12H13N2O3S-. The molecule has 0 N–H and O–H groups in total. The van der Waals surface area contributed by atoms with Crippen LogP contribution < -0.4 is 10.7 Å². The first-order valence-electron chi connectivity index (χ1n) is 5.65. The molecule has 2 heterocycles. The Morgan fingerprint density at radius 2 is 2.22 bits per heavy atom. The largest absolute Gasteiger partial charge is 0.548 e. The van der Waals surface area contributed by atoms with Crippen molar-refractivity contribution in [1.29, 1.82) is 0 Å². The Morgan fingerprint density at radius 1 is 1.56 bits per heavy atom. The Balaban J connectivity index is 2.75. The van der Waals surface area contributed by atoms with Gasteiger partial charge in [-0.15, -0.1) is 11.3 Å². The second-order valence-corrected chi connectivity index (χ2v) is 5.37. The van der Waals surface area contributed by atoms with E-state index in [-0.39, 0.29) is 12.0 Å². The highest BCUT2D eigenvalue weighted by Crippen LogP contribution is 2.26. The molecule has 0 amide bonds. The Kier molecular flexibility index (Phi) is 3.21. The van der Waals surface area contributed by atoms with Gasteiger partial charge < -0.3 is 9.90 Å². The first-order chi connectivity index (χ1) is 8.47. The zero-order valence-corrected chi connectivity index (χ0v) is 11.2. The van der Waals surface area contributed by atoms with Crippen molar-refractivity contribution in [1.82, 2.24) is 9.55 Å². The normalized spacial score (nSPS) is 12.8. The molecule has 2 rings (SSSR count). The first kappa shape index (κ1) is 12.8. The molecule has 96 valence electrons. The molecule has 0 bridgehead atoms. The second kappa shape index (κ2) is 4.53. The summed E-state index contributed by atoms with van der Waals surface area (Å²) >= 11 is 1.44. The molecule has 6 heteroatoms. The highest BCUT2D eigenvalue weighted by atomic mass is 32.1. The molecule has 0 aliphatic rings. The van der Waals surface area contributed by atoms with Crippen LogP contribution in [0.15, 0.2) is 11.1 Å². The minimum absolute atomic E-state index is 0.289. The van der Waals surface area contributed by atoms with Gasteiger partial charge in [-0.25, -0.2) is 4.98 Å². The van der Waals surface area contributed by atoms with Gasteiger partial charge in [0.2, 0.25) is 0 Å². The van der Waals surface area contributed by atoms with Gasteiger partial charge in [-0.1, -0.05) is 6.92 Å². The molecule has 0 saturated carbocycles. The van der Waals surface area contributed by atoms with Gasteiger partial charge in [0.15, 0.2) is 0 Å². The predicted molar refractivity (Wildman–Crippen MR) is 67.7 cm³/mol. The summed E-state index contributed by atoms with van der Waals surface area (Å²) in [6, 6.07) is -0.964. The fourth-order valence-corrected chi connectivity index (χ4v) is 2.93. The van der Waals surface area contributed by atoms with Crippen molar-refractivity contribution in [3.05, 3.63) is 27.1 Å². The van der Waals surface area contributed by atoms with E-state index in [0.29, 0.717) is 10.2 Å². The molecule has 0 saturated heterocycles. The van der Waals surface area contributed by atoms with Crippen molar-refractivity contribution in [2.24, 2.45) is 0 Å². The number of nitrogens with zero attached hydrogens (tertiary/aromatic N) is 2. The number of aromatic nitrogens is 2. The standard InChI is InChI=1S/C12H14N2O3S/c1-4-8(12(16)17)14-5-13-10-9(11(14)15)6(2)7(3)18-10/h5,8H,4H2,1-3H3,(H,16,17)/p-1. The van der Waals surface area contributed by atoms with Crippen molar-refractivity contribution in [3.8, 4) is 0 Å². The topological polar surface area (TPSA) is 75.0 Å². The third kappa shape index (κ3) is 1.82. The van der Waals surface area contributed by atoms with Crippen LogP contribution in [-0.4, -0.2) is 15.5 Å². The van der Waals surface area contributed by atoms with Crippen molar-refractivity contribution in [2.45, 2.75) is 33.2 Å².